The molecule has 1 nitrogen and oxygen atoms in total. The van der Waals surface area contributed by atoms with Gasteiger partial charge < -0.3 is 5.23 Å². The molecular weight excluding hydrogens is 273 g/mol. The average molecular weight is 284 g/mol. The molecule has 2 aromatic rings. The van der Waals surface area contributed by atoms with Gasteiger partial charge in [0.25, 0.3) is 0 Å². The van der Waals surface area contributed by atoms with Gasteiger partial charge in [-0.15, -0.1) is 0 Å². The van der Waals surface area contributed by atoms with Crippen LogP contribution in [0.2, 0.25) is 0 Å². The van der Waals surface area contributed by atoms with Gasteiger partial charge in [-0.05, 0) is 22.1 Å². The van der Waals surface area contributed by atoms with E-state index in [0.717, 1.165) is 0 Å². The van der Waals surface area contributed by atoms with Gasteiger partial charge in [0.1, 0.15) is 0 Å². The second-order valence-electron chi connectivity index (χ2n) is 4.10. The first-order valence-electron chi connectivity index (χ1n) is 5.62. The standard InChI is InChI=1S/C14H11BBrN/c16-14-10-11-6-4-5-9-13(11)17-15(14)12-7-2-1-3-8-12/h1-10,17H. The minimum absolute atomic E-state index is 0.214. The van der Waals surface area contributed by atoms with Crippen molar-refractivity contribution in [1.82, 2.24) is 0 Å². The Hall–Kier alpha value is -1.48. The van der Waals surface area contributed by atoms with Crippen molar-refractivity contribution in [2.24, 2.45) is 0 Å². The van der Waals surface area contributed by atoms with Gasteiger partial charge in [-0.2, -0.15) is 0 Å². The second kappa shape index (κ2) is 4.42. The van der Waals surface area contributed by atoms with Crippen LogP contribution >= 0.6 is 15.9 Å². The molecule has 3 heteroatoms. The maximum atomic E-state index is 3.66. The summed E-state index contributed by atoms with van der Waals surface area (Å²) in [6, 6.07) is 18.8. The van der Waals surface area contributed by atoms with Crippen molar-refractivity contribution in [3.8, 4) is 0 Å². The summed E-state index contributed by atoms with van der Waals surface area (Å²) in [4.78, 5) is 0. The first kappa shape index (κ1) is 10.7. The fourth-order valence-electron chi connectivity index (χ4n) is 2.10. The number of hydrogen-bond donors (Lipinski definition) is 1. The summed E-state index contributed by atoms with van der Waals surface area (Å²) in [5.74, 6) is 0. The third kappa shape index (κ3) is 2.03. The molecule has 0 radical (unpaired) electrons. The van der Waals surface area contributed by atoms with E-state index < -0.39 is 0 Å². The number of anilines is 1. The van der Waals surface area contributed by atoms with Crippen LogP contribution in [0.15, 0.2) is 59.0 Å². The van der Waals surface area contributed by atoms with Crippen LogP contribution in [0, 0.1) is 0 Å². The minimum atomic E-state index is 0.214. The molecule has 0 aliphatic carbocycles. The second-order valence-corrected chi connectivity index (χ2v) is 5.02. The van der Waals surface area contributed by atoms with Gasteiger partial charge in [0, 0.05) is 5.69 Å². The number of hydrogen-bond acceptors (Lipinski definition) is 1. The van der Waals surface area contributed by atoms with Crippen LogP contribution in [0.3, 0.4) is 0 Å². The molecule has 0 aromatic heterocycles. The Morgan fingerprint density at radius 2 is 1.59 bits per heavy atom. The highest BCUT2D eigenvalue weighted by Crippen LogP contribution is 2.27. The Morgan fingerprint density at radius 3 is 2.41 bits per heavy atom. The summed E-state index contributed by atoms with van der Waals surface area (Å²) in [6.07, 6.45) is 2.18. The normalized spacial score (nSPS) is 13.7. The van der Waals surface area contributed by atoms with Crippen molar-refractivity contribution in [3.05, 3.63) is 64.5 Å². The minimum Gasteiger partial charge on any atom is -0.419 e. The molecule has 1 aliphatic rings. The van der Waals surface area contributed by atoms with Crippen LogP contribution in [0.25, 0.3) is 6.08 Å². The van der Waals surface area contributed by atoms with Gasteiger partial charge in [0.05, 0.1) is 0 Å². The van der Waals surface area contributed by atoms with Crippen LogP contribution in [-0.4, -0.2) is 6.85 Å². The Morgan fingerprint density at radius 1 is 0.882 bits per heavy atom. The lowest BCUT2D eigenvalue weighted by Gasteiger charge is -2.22. The lowest BCUT2D eigenvalue weighted by atomic mass is 9.54. The zero-order chi connectivity index (χ0) is 11.7. The molecule has 82 valence electrons. The molecule has 2 aromatic carbocycles. The van der Waals surface area contributed by atoms with E-state index in [1.807, 2.05) is 6.07 Å². The molecule has 0 bridgehead atoms. The van der Waals surface area contributed by atoms with Crippen LogP contribution in [-0.2, 0) is 0 Å². The summed E-state index contributed by atoms with van der Waals surface area (Å²) in [6.45, 7) is 0.214. The highest BCUT2D eigenvalue weighted by atomic mass is 79.9. The molecule has 0 saturated heterocycles. The molecule has 0 atom stereocenters. The zero-order valence-electron chi connectivity index (χ0n) is 9.23. The van der Waals surface area contributed by atoms with Gasteiger partial charge in [-0.25, -0.2) is 0 Å². The number of para-hydroxylation sites is 1. The summed E-state index contributed by atoms with van der Waals surface area (Å²) in [5, 5.41) is 3.55. The van der Waals surface area contributed by atoms with Crippen molar-refractivity contribution in [2.75, 3.05) is 5.23 Å². The summed E-state index contributed by atoms with van der Waals surface area (Å²) < 4.78 is 1.17. The number of nitrogens with one attached hydrogen (secondary N) is 1. The van der Waals surface area contributed by atoms with Crippen molar-refractivity contribution >= 4 is 40.0 Å². The van der Waals surface area contributed by atoms with E-state index in [1.54, 1.807) is 0 Å². The topological polar surface area (TPSA) is 12.0 Å². The molecule has 0 amide bonds. The quantitative estimate of drug-likeness (QED) is 0.792. The number of halogens is 1. The summed E-state index contributed by atoms with van der Waals surface area (Å²) in [5.41, 5.74) is 3.68. The fraction of sp³-hybridized carbons (Fsp3) is 0. The van der Waals surface area contributed by atoms with E-state index in [9.17, 15) is 0 Å². The van der Waals surface area contributed by atoms with Gasteiger partial charge in [0.15, 0.2) is 0 Å². The smallest absolute Gasteiger partial charge is 0.328 e. The lowest BCUT2D eigenvalue weighted by molar-refractivity contribution is 1.59. The van der Waals surface area contributed by atoms with Gasteiger partial charge in [-0.1, -0.05) is 69.9 Å². The van der Waals surface area contributed by atoms with Crippen molar-refractivity contribution < 1.29 is 0 Å². The maximum Gasteiger partial charge on any atom is 0.328 e. The fourth-order valence-corrected chi connectivity index (χ4v) is 2.72. The van der Waals surface area contributed by atoms with Crippen LogP contribution in [0.1, 0.15) is 5.56 Å². The monoisotopic (exact) mass is 283 g/mol. The van der Waals surface area contributed by atoms with E-state index in [1.165, 1.54) is 21.1 Å². The van der Waals surface area contributed by atoms with Crippen molar-refractivity contribution in [2.45, 2.75) is 0 Å². The third-order valence-corrected chi connectivity index (χ3v) is 3.65. The van der Waals surface area contributed by atoms with E-state index >= 15 is 0 Å². The van der Waals surface area contributed by atoms with E-state index in [-0.39, 0.29) is 6.85 Å². The first-order chi connectivity index (χ1) is 8.34. The SMILES string of the molecule is BrC1=Cc2ccccc2NB1c1ccccc1. The molecule has 0 spiro atoms. The zero-order valence-corrected chi connectivity index (χ0v) is 10.8. The Balaban J connectivity index is 2.02. The average Bonchev–Trinajstić information content (AvgIpc) is 2.39. The van der Waals surface area contributed by atoms with Gasteiger partial charge >= 0.3 is 6.85 Å². The number of benzene rings is 2. The highest BCUT2D eigenvalue weighted by molar-refractivity contribution is 9.12. The van der Waals surface area contributed by atoms with Gasteiger partial charge in [0.2, 0.25) is 0 Å². The molecule has 1 heterocycles. The molecule has 1 aliphatic heterocycles. The van der Waals surface area contributed by atoms with E-state index in [4.69, 9.17) is 0 Å². The molecular formula is C14H11BBrN. The van der Waals surface area contributed by atoms with Crippen LogP contribution in [0.5, 0.6) is 0 Å². The predicted molar refractivity (Wildman–Crippen MR) is 78.8 cm³/mol. The first-order valence-corrected chi connectivity index (χ1v) is 6.41. The molecule has 0 saturated carbocycles. The third-order valence-electron chi connectivity index (χ3n) is 2.96. The molecule has 3 rings (SSSR count). The lowest BCUT2D eigenvalue weighted by Crippen LogP contribution is -2.40. The molecule has 17 heavy (non-hydrogen) atoms. The number of fused-ring (bicyclic) bond motifs is 1. The molecule has 0 fully saturated rings. The van der Waals surface area contributed by atoms with Crippen LogP contribution in [0.4, 0.5) is 5.69 Å². The number of rotatable bonds is 1. The van der Waals surface area contributed by atoms with E-state index in [0.29, 0.717) is 0 Å². The predicted octanol–water partition coefficient (Wildman–Crippen LogP) is 3.29. The highest BCUT2D eigenvalue weighted by Gasteiger charge is 2.24. The molecule has 1 N–H and O–H groups in total. The summed E-state index contributed by atoms with van der Waals surface area (Å²) >= 11 is 3.66. The largest absolute Gasteiger partial charge is 0.419 e. The van der Waals surface area contributed by atoms with E-state index in [2.05, 4.69) is 75.8 Å². The van der Waals surface area contributed by atoms with Crippen LogP contribution < -0.4 is 10.7 Å². The van der Waals surface area contributed by atoms with Crippen molar-refractivity contribution in [3.63, 3.8) is 0 Å². The van der Waals surface area contributed by atoms with Crippen molar-refractivity contribution in [1.29, 1.82) is 0 Å². The Labute approximate surface area is 110 Å². The maximum absolute atomic E-state index is 3.66. The Bertz CT molecular complexity index is 565. The van der Waals surface area contributed by atoms with Gasteiger partial charge in [-0.3, -0.25) is 0 Å². The summed E-state index contributed by atoms with van der Waals surface area (Å²) in [7, 11) is 0. The molecule has 0 unspecified atom stereocenters. The Kier molecular flexibility index (Phi) is 2.77.